The van der Waals surface area contributed by atoms with Gasteiger partial charge in [-0.05, 0) is 48.2 Å². The number of ether oxygens (including phenoxy) is 2. The highest BCUT2D eigenvalue weighted by Crippen LogP contribution is 2.12. The third kappa shape index (κ3) is 7.70. The van der Waals surface area contributed by atoms with Crippen LogP contribution in [0.4, 0.5) is 0 Å². The number of amides is 2. The van der Waals surface area contributed by atoms with Crippen molar-refractivity contribution in [3.8, 4) is 11.5 Å². The van der Waals surface area contributed by atoms with Crippen LogP contribution >= 0.6 is 0 Å². The highest BCUT2D eigenvalue weighted by Gasteiger charge is 2.05. The number of benzene rings is 2. The van der Waals surface area contributed by atoms with Gasteiger partial charge in [-0.25, -0.2) is 0 Å². The lowest BCUT2D eigenvalue weighted by molar-refractivity contribution is -0.121. The van der Waals surface area contributed by atoms with Crippen molar-refractivity contribution in [2.24, 2.45) is 0 Å². The van der Waals surface area contributed by atoms with Crippen molar-refractivity contribution in [1.82, 2.24) is 10.6 Å². The van der Waals surface area contributed by atoms with Crippen molar-refractivity contribution in [3.05, 3.63) is 59.7 Å². The molecule has 0 saturated carbocycles. The van der Waals surface area contributed by atoms with Crippen molar-refractivity contribution in [2.75, 3.05) is 27.3 Å². The molecule has 0 aliphatic carbocycles. The first-order valence-electron chi connectivity index (χ1n) is 9.40. The summed E-state index contributed by atoms with van der Waals surface area (Å²) in [6.45, 7) is 1.20. The van der Waals surface area contributed by atoms with E-state index in [1.54, 1.807) is 14.2 Å². The fraction of sp³-hybridized carbons (Fsp3) is 0.364. The Bertz CT molecular complexity index is 677. The first-order chi connectivity index (χ1) is 13.6. The van der Waals surface area contributed by atoms with Gasteiger partial charge in [-0.1, -0.05) is 24.3 Å². The number of carbonyl (C=O) groups is 2. The molecule has 0 atom stereocenters. The lowest BCUT2D eigenvalue weighted by Gasteiger charge is -2.08. The van der Waals surface area contributed by atoms with E-state index < -0.39 is 0 Å². The van der Waals surface area contributed by atoms with Crippen molar-refractivity contribution in [2.45, 2.75) is 25.7 Å². The normalized spacial score (nSPS) is 10.2. The van der Waals surface area contributed by atoms with Gasteiger partial charge in [0.15, 0.2) is 0 Å². The van der Waals surface area contributed by atoms with E-state index in [1.165, 1.54) is 0 Å². The summed E-state index contributed by atoms with van der Waals surface area (Å²) >= 11 is 0. The minimum Gasteiger partial charge on any atom is -0.497 e. The average molecular weight is 384 g/mol. The summed E-state index contributed by atoms with van der Waals surface area (Å²) in [5.41, 5.74) is 1.90. The molecule has 2 N–H and O–H groups in total. The quantitative estimate of drug-likeness (QED) is 0.584. The van der Waals surface area contributed by atoms with Crippen LogP contribution in [0.2, 0.25) is 0 Å². The molecule has 0 aromatic heterocycles. The van der Waals surface area contributed by atoms with Crippen LogP contribution in [0.25, 0.3) is 0 Å². The van der Waals surface area contributed by atoms with E-state index in [4.69, 9.17) is 9.47 Å². The molecule has 6 heteroatoms. The molecule has 2 aromatic rings. The Kier molecular flexibility index (Phi) is 8.85. The van der Waals surface area contributed by atoms with Gasteiger partial charge in [0.1, 0.15) is 11.5 Å². The highest BCUT2D eigenvalue weighted by atomic mass is 16.5. The molecular formula is C22H28N2O4. The van der Waals surface area contributed by atoms with Gasteiger partial charge in [0.2, 0.25) is 11.8 Å². The van der Waals surface area contributed by atoms with Gasteiger partial charge in [-0.2, -0.15) is 0 Å². The maximum Gasteiger partial charge on any atom is 0.224 e. The Morgan fingerprint density at radius 2 is 1.04 bits per heavy atom. The summed E-state index contributed by atoms with van der Waals surface area (Å²) in [5.74, 6) is 1.54. The molecule has 0 radical (unpaired) electrons. The zero-order chi connectivity index (χ0) is 20.2. The number of methoxy groups -OCH3 is 2. The highest BCUT2D eigenvalue weighted by molar-refractivity contribution is 5.79. The van der Waals surface area contributed by atoms with E-state index in [1.807, 2.05) is 48.5 Å². The van der Waals surface area contributed by atoms with Gasteiger partial charge in [0.25, 0.3) is 0 Å². The van der Waals surface area contributed by atoms with Crippen LogP contribution in [0, 0.1) is 0 Å². The SMILES string of the molecule is COc1ccc(CC(=O)NCCCCNC(=O)Cc2ccc(OC)cc2)cc1. The number of carbonyl (C=O) groups excluding carboxylic acids is 2. The number of nitrogens with one attached hydrogen (secondary N) is 2. The van der Waals surface area contributed by atoms with E-state index in [2.05, 4.69) is 10.6 Å². The van der Waals surface area contributed by atoms with Crippen LogP contribution in [-0.4, -0.2) is 39.1 Å². The predicted octanol–water partition coefficient (Wildman–Crippen LogP) is 2.50. The summed E-state index contributed by atoms with van der Waals surface area (Å²) < 4.78 is 10.2. The van der Waals surface area contributed by atoms with Gasteiger partial charge in [0, 0.05) is 13.1 Å². The molecule has 0 heterocycles. The summed E-state index contributed by atoms with van der Waals surface area (Å²) in [4.78, 5) is 23.9. The second-order valence-corrected chi connectivity index (χ2v) is 6.46. The van der Waals surface area contributed by atoms with Crippen molar-refractivity contribution >= 4 is 11.8 Å². The summed E-state index contributed by atoms with van der Waals surface area (Å²) in [6.07, 6.45) is 2.33. The van der Waals surface area contributed by atoms with Crippen LogP contribution in [0.3, 0.4) is 0 Å². The second-order valence-electron chi connectivity index (χ2n) is 6.46. The number of hydrogen-bond donors (Lipinski definition) is 2. The fourth-order valence-corrected chi connectivity index (χ4v) is 2.69. The van der Waals surface area contributed by atoms with Crippen LogP contribution in [0.5, 0.6) is 11.5 Å². The Morgan fingerprint density at radius 1 is 0.679 bits per heavy atom. The molecule has 0 unspecified atom stereocenters. The number of rotatable bonds is 11. The van der Waals surface area contributed by atoms with Gasteiger partial charge in [-0.3, -0.25) is 9.59 Å². The lowest BCUT2D eigenvalue weighted by Crippen LogP contribution is -2.28. The van der Waals surface area contributed by atoms with E-state index in [9.17, 15) is 9.59 Å². The molecule has 0 aliphatic rings. The molecule has 6 nitrogen and oxygen atoms in total. The largest absolute Gasteiger partial charge is 0.497 e. The van der Waals surface area contributed by atoms with Crippen LogP contribution in [0.1, 0.15) is 24.0 Å². The zero-order valence-corrected chi connectivity index (χ0v) is 16.5. The number of hydrogen-bond acceptors (Lipinski definition) is 4. The summed E-state index contributed by atoms with van der Waals surface area (Å²) in [5, 5.41) is 5.81. The zero-order valence-electron chi connectivity index (χ0n) is 16.5. The molecule has 150 valence electrons. The van der Waals surface area contributed by atoms with Crippen LogP contribution in [0.15, 0.2) is 48.5 Å². The maximum atomic E-state index is 11.9. The third-order valence-corrected chi connectivity index (χ3v) is 4.30. The number of unbranched alkanes of at least 4 members (excludes halogenated alkanes) is 1. The molecule has 2 rings (SSSR count). The van der Waals surface area contributed by atoms with Gasteiger partial charge in [-0.15, -0.1) is 0 Å². The van der Waals surface area contributed by atoms with Gasteiger partial charge >= 0.3 is 0 Å². The van der Waals surface area contributed by atoms with E-state index in [-0.39, 0.29) is 11.8 Å². The lowest BCUT2D eigenvalue weighted by atomic mass is 10.1. The van der Waals surface area contributed by atoms with Gasteiger partial charge in [0.05, 0.1) is 27.1 Å². The molecule has 0 fully saturated rings. The first-order valence-corrected chi connectivity index (χ1v) is 9.40. The van der Waals surface area contributed by atoms with E-state index in [0.29, 0.717) is 25.9 Å². The van der Waals surface area contributed by atoms with Gasteiger partial charge < -0.3 is 20.1 Å². The summed E-state index contributed by atoms with van der Waals surface area (Å²) in [7, 11) is 3.23. The fourth-order valence-electron chi connectivity index (χ4n) is 2.69. The standard InChI is InChI=1S/C22H28N2O4/c1-27-19-9-5-17(6-10-19)15-21(25)23-13-3-4-14-24-22(26)16-18-7-11-20(28-2)12-8-18/h5-12H,3-4,13-16H2,1-2H3,(H,23,25)(H,24,26). The Hall–Kier alpha value is -3.02. The van der Waals surface area contributed by atoms with Crippen molar-refractivity contribution in [3.63, 3.8) is 0 Å². The van der Waals surface area contributed by atoms with E-state index in [0.717, 1.165) is 35.5 Å². The second kappa shape index (κ2) is 11.6. The minimum absolute atomic E-state index is 0.00583. The molecule has 2 amide bonds. The first kappa shape index (κ1) is 21.3. The molecule has 0 aliphatic heterocycles. The topological polar surface area (TPSA) is 76.7 Å². The Labute approximate surface area is 166 Å². The smallest absolute Gasteiger partial charge is 0.224 e. The Morgan fingerprint density at radius 3 is 1.36 bits per heavy atom. The molecular weight excluding hydrogens is 356 g/mol. The van der Waals surface area contributed by atoms with Crippen molar-refractivity contribution in [1.29, 1.82) is 0 Å². The molecule has 0 spiro atoms. The monoisotopic (exact) mass is 384 g/mol. The molecule has 28 heavy (non-hydrogen) atoms. The average Bonchev–Trinajstić information content (AvgIpc) is 2.71. The molecule has 0 saturated heterocycles. The minimum atomic E-state index is -0.00583. The van der Waals surface area contributed by atoms with Crippen LogP contribution < -0.4 is 20.1 Å². The van der Waals surface area contributed by atoms with Crippen LogP contribution in [-0.2, 0) is 22.4 Å². The predicted molar refractivity (Wildman–Crippen MR) is 109 cm³/mol. The summed E-state index contributed by atoms with van der Waals surface area (Å²) in [6, 6.07) is 14.9. The van der Waals surface area contributed by atoms with Crippen molar-refractivity contribution < 1.29 is 19.1 Å². The maximum absolute atomic E-state index is 11.9. The molecule has 0 bridgehead atoms. The molecule has 2 aromatic carbocycles. The third-order valence-electron chi connectivity index (χ3n) is 4.30. The Balaban J connectivity index is 1.54. The van der Waals surface area contributed by atoms with E-state index >= 15 is 0 Å².